The largest absolute Gasteiger partial charge is 0.481 e. The van der Waals surface area contributed by atoms with Gasteiger partial charge in [0.15, 0.2) is 0 Å². The average Bonchev–Trinajstić information content (AvgIpc) is 2.21. The predicted molar refractivity (Wildman–Crippen MR) is 55.1 cm³/mol. The van der Waals surface area contributed by atoms with Crippen molar-refractivity contribution in [1.29, 1.82) is 0 Å². The SMILES string of the molecule is O=C(O)CCC(CC(=O)O)(NCC(=O)O)C(=O)O. The standard InChI is InChI=1S/C9H13NO8/c11-5(12)1-2-9(8(17)18,3-6(13)14)10-4-7(15)16/h10H,1-4H2,(H,11,12)(H,13,14)(H,15,16)(H,17,18). The second kappa shape index (κ2) is 6.55. The monoisotopic (exact) mass is 263 g/mol. The zero-order valence-electron chi connectivity index (χ0n) is 9.25. The molecule has 0 amide bonds. The fraction of sp³-hybridized carbons (Fsp3) is 0.556. The molecule has 0 fully saturated rings. The topological polar surface area (TPSA) is 161 Å². The van der Waals surface area contributed by atoms with Crippen molar-refractivity contribution in [3.05, 3.63) is 0 Å². The van der Waals surface area contributed by atoms with Crippen LogP contribution in [0.5, 0.6) is 0 Å². The summed E-state index contributed by atoms with van der Waals surface area (Å²) in [6.45, 7) is -0.779. The van der Waals surface area contributed by atoms with Gasteiger partial charge in [0, 0.05) is 6.42 Å². The number of aliphatic carboxylic acids is 4. The molecule has 1 atom stereocenters. The summed E-state index contributed by atoms with van der Waals surface area (Å²) < 4.78 is 0. The van der Waals surface area contributed by atoms with E-state index < -0.39 is 55.2 Å². The van der Waals surface area contributed by atoms with Crippen LogP contribution in [0.25, 0.3) is 0 Å². The number of hydrogen-bond acceptors (Lipinski definition) is 5. The van der Waals surface area contributed by atoms with Crippen LogP contribution in [-0.2, 0) is 19.2 Å². The van der Waals surface area contributed by atoms with Gasteiger partial charge in [0.25, 0.3) is 0 Å². The van der Waals surface area contributed by atoms with Gasteiger partial charge in [-0.25, -0.2) is 0 Å². The summed E-state index contributed by atoms with van der Waals surface area (Å²) in [6.07, 6.45) is -2.04. The van der Waals surface area contributed by atoms with Crippen LogP contribution in [0.1, 0.15) is 19.3 Å². The molecule has 0 bridgehead atoms. The lowest BCUT2D eigenvalue weighted by Crippen LogP contribution is -2.55. The molecule has 0 rings (SSSR count). The maximum absolute atomic E-state index is 11.1. The molecule has 9 heteroatoms. The molecule has 0 saturated carbocycles. The summed E-state index contributed by atoms with van der Waals surface area (Å²) >= 11 is 0. The first-order valence-electron chi connectivity index (χ1n) is 4.83. The fourth-order valence-electron chi connectivity index (χ4n) is 1.32. The first kappa shape index (κ1) is 15.8. The third-order valence-electron chi connectivity index (χ3n) is 2.21. The summed E-state index contributed by atoms with van der Waals surface area (Å²) in [4.78, 5) is 42.5. The third-order valence-corrected chi connectivity index (χ3v) is 2.21. The second-order valence-electron chi connectivity index (χ2n) is 3.60. The van der Waals surface area contributed by atoms with Crippen LogP contribution in [0, 0.1) is 0 Å². The summed E-state index contributed by atoms with van der Waals surface area (Å²) in [6, 6.07) is 0. The Balaban J connectivity index is 5.00. The molecule has 0 heterocycles. The molecule has 0 aromatic heterocycles. The normalized spacial score (nSPS) is 13.6. The van der Waals surface area contributed by atoms with Crippen molar-refractivity contribution in [2.75, 3.05) is 6.54 Å². The Bertz CT molecular complexity index is 346. The van der Waals surface area contributed by atoms with Crippen molar-refractivity contribution >= 4 is 23.9 Å². The molecule has 0 aliphatic rings. The van der Waals surface area contributed by atoms with Crippen molar-refractivity contribution in [2.24, 2.45) is 0 Å². The van der Waals surface area contributed by atoms with E-state index in [0.717, 1.165) is 0 Å². The first-order chi connectivity index (χ1) is 8.19. The first-order valence-corrected chi connectivity index (χ1v) is 4.83. The van der Waals surface area contributed by atoms with E-state index >= 15 is 0 Å². The molecule has 18 heavy (non-hydrogen) atoms. The summed E-state index contributed by atoms with van der Waals surface area (Å²) in [5.74, 6) is -5.75. The van der Waals surface area contributed by atoms with Crippen LogP contribution in [0.2, 0.25) is 0 Å². The minimum atomic E-state index is -2.11. The number of rotatable bonds is 9. The van der Waals surface area contributed by atoms with Gasteiger partial charge in [-0.05, 0) is 6.42 Å². The molecule has 0 aliphatic heterocycles. The zero-order valence-corrected chi connectivity index (χ0v) is 9.25. The smallest absolute Gasteiger partial charge is 0.324 e. The average molecular weight is 263 g/mol. The molecule has 0 saturated heterocycles. The quantitative estimate of drug-likeness (QED) is 0.344. The molecule has 9 nitrogen and oxygen atoms in total. The molecule has 0 aromatic rings. The van der Waals surface area contributed by atoms with Crippen LogP contribution in [0.3, 0.4) is 0 Å². The highest BCUT2D eigenvalue weighted by Crippen LogP contribution is 2.18. The molecule has 0 spiro atoms. The number of carbonyl (C=O) groups is 4. The van der Waals surface area contributed by atoms with Crippen LogP contribution in [0.15, 0.2) is 0 Å². The zero-order chi connectivity index (χ0) is 14.3. The summed E-state index contributed by atoms with van der Waals surface area (Å²) in [7, 11) is 0. The number of carboxylic acids is 4. The molecular formula is C9H13NO8. The van der Waals surface area contributed by atoms with Gasteiger partial charge in [0.05, 0.1) is 13.0 Å². The fourth-order valence-corrected chi connectivity index (χ4v) is 1.32. The summed E-state index contributed by atoms with van der Waals surface area (Å²) in [5.41, 5.74) is -2.11. The number of carboxylic acid groups (broad SMARTS) is 4. The Kier molecular flexibility index (Phi) is 5.76. The van der Waals surface area contributed by atoms with E-state index in [1.807, 2.05) is 0 Å². The molecule has 5 N–H and O–H groups in total. The van der Waals surface area contributed by atoms with Gasteiger partial charge in [0.1, 0.15) is 5.54 Å². The van der Waals surface area contributed by atoms with E-state index in [0.29, 0.717) is 0 Å². The number of nitrogens with one attached hydrogen (secondary N) is 1. The summed E-state index contributed by atoms with van der Waals surface area (Å²) in [5, 5.41) is 36.6. The van der Waals surface area contributed by atoms with Crippen molar-refractivity contribution in [3.8, 4) is 0 Å². The Morgan fingerprint density at radius 3 is 1.78 bits per heavy atom. The van der Waals surface area contributed by atoms with Gasteiger partial charge >= 0.3 is 23.9 Å². The van der Waals surface area contributed by atoms with Gasteiger partial charge in [-0.1, -0.05) is 0 Å². The van der Waals surface area contributed by atoms with Crippen molar-refractivity contribution in [2.45, 2.75) is 24.8 Å². The van der Waals surface area contributed by atoms with Crippen LogP contribution >= 0.6 is 0 Å². The van der Waals surface area contributed by atoms with E-state index in [1.54, 1.807) is 0 Å². The van der Waals surface area contributed by atoms with Gasteiger partial charge in [-0.2, -0.15) is 0 Å². The highest BCUT2D eigenvalue weighted by Gasteiger charge is 2.41. The van der Waals surface area contributed by atoms with Crippen LogP contribution in [0.4, 0.5) is 0 Å². The molecule has 0 radical (unpaired) electrons. The van der Waals surface area contributed by atoms with Crippen LogP contribution < -0.4 is 5.32 Å². The minimum Gasteiger partial charge on any atom is -0.481 e. The highest BCUT2D eigenvalue weighted by atomic mass is 16.4. The molecule has 1 unspecified atom stereocenters. The van der Waals surface area contributed by atoms with E-state index in [9.17, 15) is 19.2 Å². The van der Waals surface area contributed by atoms with Crippen molar-refractivity contribution < 1.29 is 39.6 Å². The molecule has 102 valence electrons. The maximum atomic E-state index is 11.1. The minimum absolute atomic E-state index is 0.531. The Morgan fingerprint density at radius 1 is 0.889 bits per heavy atom. The lowest BCUT2D eigenvalue weighted by Gasteiger charge is -2.27. The second-order valence-corrected chi connectivity index (χ2v) is 3.60. The Morgan fingerprint density at radius 2 is 1.44 bits per heavy atom. The van der Waals surface area contributed by atoms with Crippen LogP contribution in [-0.4, -0.2) is 56.4 Å². The molecule has 0 aromatic carbocycles. The predicted octanol–water partition coefficient (Wildman–Crippen LogP) is -1.18. The van der Waals surface area contributed by atoms with E-state index in [1.165, 1.54) is 0 Å². The Labute approximate surface area is 101 Å². The third kappa shape index (κ3) is 5.25. The highest BCUT2D eigenvalue weighted by molar-refractivity contribution is 5.86. The van der Waals surface area contributed by atoms with Gasteiger partial charge < -0.3 is 20.4 Å². The number of hydrogen-bond donors (Lipinski definition) is 5. The molecular weight excluding hydrogens is 250 g/mol. The Hall–Kier alpha value is -2.16. The van der Waals surface area contributed by atoms with E-state index in [4.69, 9.17) is 20.4 Å². The van der Waals surface area contributed by atoms with Gasteiger partial charge in [-0.3, -0.25) is 24.5 Å². The van der Waals surface area contributed by atoms with E-state index in [2.05, 4.69) is 5.32 Å². The lowest BCUT2D eigenvalue weighted by molar-refractivity contribution is -0.153. The van der Waals surface area contributed by atoms with E-state index in [-0.39, 0.29) is 0 Å². The van der Waals surface area contributed by atoms with Crippen molar-refractivity contribution in [3.63, 3.8) is 0 Å². The maximum Gasteiger partial charge on any atom is 0.324 e. The van der Waals surface area contributed by atoms with Crippen molar-refractivity contribution in [1.82, 2.24) is 5.32 Å². The lowest BCUT2D eigenvalue weighted by atomic mass is 9.89. The van der Waals surface area contributed by atoms with Gasteiger partial charge in [-0.15, -0.1) is 0 Å². The van der Waals surface area contributed by atoms with Gasteiger partial charge in [0.2, 0.25) is 0 Å². The molecule has 0 aliphatic carbocycles.